The Bertz CT molecular complexity index is 1040. The van der Waals surface area contributed by atoms with E-state index < -0.39 is 5.97 Å². The molecule has 1 atom stereocenters. The quantitative estimate of drug-likeness (QED) is 0.511. The summed E-state index contributed by atoms with van der Waals surface area (Å²) >= 11 is 0. The summed E-state index contributed by atoms with van der Waals surface area (Å²) in [6.07, 6.45) is 5.13. The van der Waals surface area contributed by atoms with Gasteiger partial charge in [-0.15, -0.1) is 0 Å². The maximum Gasteiger partial charge on any atom is 0.335 e. The molecule has 4 aromatic rings. The van der Waals surface area contributed by atoms with E-state index in [0.29, 0.717) is 5.82 Å². The summed E-state index contributed by atoms with van der Waals surface area (Å²) in [4.78, 5) is 22.6. The van der Waals surface area contributed by atoms with E-state index in [9.17, 15) is 4.79 Å². The molecular weight excluding hydrogens is 328 g/mol. The molecule has 2 aromatic carbocycles. The van der Waals surface area contributed by atoms with Crippen LogP contribution in [0.2, 0.25) is 0 Å². The van der Waals surface area contributed by atoms with Crippen molar-refractivity contribution < 1.29 is 9.90 Å². The molecule has 26 heavy (non-hydrogen) atoms. The molecule has 0 spiro atoms. The van der Waals surface area contributed by atoms with Gasteiger partial charge in [0.2, 0.25) is 0 Å². The summed E-state index contributed by atoms with van der Waals surface area (Å²) in [5, 5.41) is 13.7. The van der Waals surface area contributed by atoms with Crippen LogP contribution in [0.3, 0.4) is 0 Å². The Hall–Kier alpha value is -3.67. The van der Waals surface area contributed by atoms with Gasteiger partial charge in [-0.2, -0.15) is 0 Å². The topological polar surface area (TPSA) is 90.9 Å². The Labute approximate surface area is 149 Å². The number of para-hydroxylation sites is 1. The van der Waals surface area contributed by atoms with E-state index in [2.05, 4.69) is 26.3 Å². The van der Waals surface area contributed by atoms with Gasteiger partial charge >= 0.3 is 5.97 Å². The van der Waals surface area contributed by atoms with Crippen molar-refractivity contribution in [2.45, 2.75) is 6.04 Å². The van der Waals surface area contributed by atoms with E-state index in [1.54, 1.807) is 24.4 Å². The number of hydrogen-bond acceptors (Lipinski definition) is 4. The number of rotatable bonds is 5. The molecule has 2 heterocycles. The first-order valence-electron chi connectivity index (χ1n) is 8.14. The number of anilines is 1. The van der Waals surface area contributed by atoms with Crippen molar-refractivity contribution in [3.8, 4) is 0 Å². The lowest BCUT2D eigenvalue weighted by Crippen LogP contribution is -2.13. The van der Waals surface area contributed by atoms with Gasteiger partial charge in [-0.25, -0.2) is 14.8 Å². The van der Waals surface area contributed by atoms with Gasteiger partial charge in [0.25, 0.3) is 0 Å². The number of carbonyl (C=O) groups is 1. The minimum absolute atomic E-state index is 0.191. The number of fused-ring (bicyclic) bond motifs is 1. The molecule has 6 nitrogen and oxygen atoms in total. The Morgan fingerprint density at radius 1 is 1.08 bits per heavy atom. The molecule has 6 heteroatoms. The second-order valence-corrected chi connectivity index (χ2v) is 5.89. The van der Waals surface area contributed by atoms with Gasteiger partial charge in [0.05, 0.1) is 11.6 Å². The fourth-order valence-corrected chi connectivity index (χ4v) is 3.02. The molecule has 0 aliphatic heterocycles. The number of nitrogens with one attached hydrogen (secondary N) is 2. The highest BCUT2D eigenvalue weighted by atomic mass is 16.4. The minimum Gasteiger partial charge on any atom is -0.478 e. The van der Waals surface area contributed by atoms with Crippen LogP contribution in [0.5, 0.6) is 0 Å². The van der Waals surface area contributed by atoms with Gasteiger partial charge in [-0.05, 0) is 29.8 Å². The first-order chi connectivity index (χ1) is 12.7. The third kappa shape index (κ3) is 3.00. The third-order valence-electron chi connectivity index (χ3n) is 4.30. The van der Waals surface area contributed by atoms with Crippen LogP contribution < -0.4 is 5.32 Å². The molecule has 0 saturated heterocycles. The van der Waals surface area contributed by atoms with Crippen LogP contribution in [-0.4, -0.2) is 26.0 Å². The zero-order valence-corrected chi connectivity index (χ0v) is 13.8. The van der Waals surface area contributed by atoms with Gasteiger partial charge in [0.15, 0.2) is 0 Å². The number of carboxylic acids is 1. The zero-order valence-electron chi connectivity index (χ0n) is 13.8. The first-order valence-corrected chi connectivity index (χ1v) is 8.14. The SMILES string of the molecule is O=C(O)c1ccc(C(Nc2ccncn2)c2c[nH]c3ccccc23)cc1. The molecule has 0 aliphatic rings. The van der Waals surface area contributed by atoms with Crippen molar-refractivity contribution in [1.29, 1.82) is 0 Å². The largest absolute Gasteiger partial charge is 0.478 e. The number of aromatic carboxylic acids is 1. The van der Waals surface area contributed by atoms with Gasteiger partial charge in [0.1, 0.15) is 12.1 Å². The Balaban J connectivity index is 1.80. The summed E-state index contributed by atoms with van der Waals surface area (Å²) in [6.45, 7) is 0. The first kappa shape index (κ1) is 15.8. The van der Waals surface area contributed by atoms with Crippen molar-refractivity contribution in [1.82, 2.24) is 15.0 Å². The lowest BCUT2D eigenvalue weighted by molar-refractivity contribution is 0.0697. The van der Waals surface area contributed by atoms with Crippen LogP contribution in [0.1, 0.15) is 27.5 Å². The average Bonchev–Trinajstić information content (AvgIpc) is 3.11. The third-order valence-corrected chi connectivity index (χ3v) is 4.30. The molecule has 4 rings (SSSR count). The highest BCUT2D eigenvalue weighted by Crippen LogP contribution is 2.31. The van der Waals surface area contributed by atoms with Crippen molar-refractivity contribution in [2.75, 3.05) is 5.32 Å². The Morgan fingerprint density at radius 2 is 1.88 bits per heavy atom. The van der Waals surface area contributed by atoms with E-state index in [-0.39, 0.29) is 11.6 Å². The maximum atomic E-state index is 11.1. The van der Waals surface area contributed by atoms with Gasteiger partial charge < -0.3 is 15.4 Å². The highest BCUT2D eigenvalue weighted by molar-refractivity contribution is 5.88. The van der Waals surface area contributed by atoms with E-state index in [1.807, 2.05) is 36.5 Å². The van der Waals surface area contributed by atoms with Crippen LogP contribution in [0, 0.1) is 0 Å². The van der Waals surface area contributed by atoms with Crippen molar-refractivity contribution in [3.05, 3.63) is 90.0 Å². The van der Waals surface area contributed by atoms with Crippen LogP contribution >= 0.6 is 0 Å². The number of benzene rings is 2. The predicted octanol–water partition coefficient (Wildman–Crippen LogP) is 3.86. The van der Waals surface area contributed by atoms with Gasteiger partial charge in [-0.3, -0.25) is 0 Å². The molecule has 0 amide bonds. The van der Waals surface area contributed by atoms with Crippen molar-refractivity contribution in [3.63, 3.8) is 0 Å². The van der Waals surface area contributed by atoms with Crippen molar-refractivity contribution in [2.24, 2.45) is 0 Å². The second-order valence-electron chi connectivity index (χ2n) is 5.89. The fourth-order valence-electron chi connectivity index (χ4n) is 3.02. The highest BCUT2D eigenvalue weighted by Gasteiger charge is 2.19. The average molecular weight is 344 g/mol. The molecule has 0 bridgehead atoms. The smallest absolute Gasteiger partial charge is 0.335 e. The lowest BCUT2D eigenvalue weighted by Gasteiger charge is -2.20. The molecular formula is C20H16N4O2. The summed E-state index contributed by atoms with van der Waals surface area (Å²) in [5.41, 5.74) is 3.30. The van der Waals surface area contributed by atoms with Gasteiger partial charge in [0, 0.05) is 28.9 Å². The normalized spacial score (nSPS) is 12.0. The van der Waals surface area contributed by atoms with Crippen LogP contribution in [0.4, 0.5) is 5.82 Å². The molecule has 0 aliphatic carbocycles. The van der Waals surface area contributed by atoms with E-state index in [1.165, 1.54) is 6.33 Å². The maximum absolute atomic E-state index is 11.1. The van der Waals surface area contributed by atoms with Gasteiger partial charge in [-0.1, -0.05) is 30.3 Å². The minimum atomic E-state index is -0.941. The number of nitrogens with zero attached hydrogens (tertiary/aromatic N) is 2. The number of hydrogen-bond donors (Lipinski definition) is 3. The van der Waals surface area contributed by atoms with Crippen molar-refractivity contribution >= 4 is 22.7 Å². The fraction of sp³-hybridized carbons (Fsp3) is 0.0500. The summed E-state index contributed by atoms with van der Waals surface area (Å²) in [7, 11) is 0. The van der Waals surface area contributed by atoms with E-state index in [4.69, 9.17) is 5.11 Å². The van der Waals surface area contributed by atoms with E-state index >= 15 is 0 Å². The monoisotopic (exact) mass is 344 g/mol. The zero-order chi connectivity index (χ0) is 17.9. The summed E-state index contributed by atoms with van der Waals surface area (Å²) < 4.78 is 0. The van der Waals surface area contributed by atoms with Crippen LogP contribution in [-0.2, 0) is 0 Å². The van der Waals surface area contributed by atoms with E-state index in [0.717, 1.165) is 22.0 Å². The number of aromatic nitrogens is 3. The molecule has 0 saturated carbocycles. The van der Waals surface area contributed by atoms with Crippen LogP contribution in [0.25, 0.3) is 10.9 Å². The molecule has 128 valence electrons. The number of aromatic amines is 1. The summed E-state index contributed by atoms with van der Waals surface area (Å²) in [6, 6.07) is 16.5. The van der Waals surface area contributed by atoms with Crippen LogP contribution in [0.15, 0.2) is 73.3 Å². The predicted molar refractivity (Wildman–Crippen MR) is 99.2 cm³/mol. The number of carboxylic acid groups (broad SMARTS) is 1. The summed E-state index contributed by atoms with van der Waals surface area (Å²) in [5.74, 6) is -0.249. The molecule has 0 fully saturated rings. The Kier molecular flexibility index (Phi) is 4.07. The Morgan fingerprint density at radius 3 is 2.62 bits per heavy atom. The molecule has 1 unspecified atom stereocenters. The standard InChI is InChI=1S/C20H16N4O2/c25-20(26)14-7-5-13(6-8-14)19(24-18-9-10-21-12-23-18)16-11-22-17-4-2-1-3-15(16)17/h1-12,19,22H,(H,25,26)(H,21,23,24). The molecule has 3 N–H and O–H groups in total. The molecule has 2 aromatic heterocycles. The lowest BCUT2D eigenvalue weighted by atomic mass is 9.97. The number of H-pyrrole nitrogens is 1. The second kappa shape index (κ2) is 6.68. The molecule has 0 radical (unpaired) electrons.